The second kappa shape index (κ2) is 10.5. The number of hydrogen-bond acceptors (Lipinski definition) is 3. The molecule has 4 nitrogen and oxygen atoms in total. The Bertz CT molecular complexity index is 930. The standard InChI is InChI=1S/C6H5NO3.3C6H5.Pb/c8-6-3-1-5(2-4-6)7(9)10;3*1-2-4-6-5-3-1;/h1-4,8H;3*1-5H;. The van der Waals surface area contributed by atoms with Crippen molar-refractivity contribution in [3.63, 3.8) is 0 Å². The molecular weight excluding hydrogens is 557 g/mol. The van der Waals surface area contributed by atoms with Crippen molar-refractivity contribution in [2.24, 2.45) is 0 Å². The van der Waals surface area contributed by atoms with Gasteiger partial charge in [-0.15, -0.1) is 0 Å². The Morgan fingerprint density at radius 2 is 0.931 bits per heavy atom. The molecule has 5 heteroatoms. The molecule has 0 spiro atoms. The summed E-state index contributed by atoms with van der Waals surface area (Å²) in [4.78, 5) is 9.52. The number of phenolic OH excluding ortho intramolecular Hbond substituents is 1. The van der Waals surface area contributed by atoms with Crippen LogP contribution in [0.2, 0.25) is 0 Å². The molecule has 0 saturated carbocycles. The van der Waals surface area contributed by atoms with Gasteiger partial charge < -0.3 is 5.11 Å². The van der Waals surface area contributed by atoms with E-state index in [4.69, 9.17) is 5.11 Å². The van der Waals surface area contributed by atoms with Crippen molar-refractivity contribution in [3.8, 4) is 5.75 Å². The van der Waals surface area contributed by atoms with Gasteiger partial charge in [0.2, 0.25) is 0 Å². The summed E-state index contributed by atoms with van der Waals surface area (Å²) in [5, 5.41) is 18.8. The summed E-state index contributed by atoms with van der Waals surface area (Å²) in [6.45, 7) is 0. The molecule has 0 atom stereocenters. The van der Waals surface area contributed by atoms with Crippen molar-refractivity contribution in [1.29, 1.82) is 0 Å². The van der Waals surface area contributed by atoms with Crippen LogP contribution in [0.5, 0.6) is 5.75 Å². The predicted molar refractivity (Wildman–Crippen MR) is 119 cm³/mol. The van der Waals surface area contributed by atoms with E-state index in [1.165, 1.54) is 24.3 Å². The Kier molecular flexibility index (Phi) is 7.52. The van der Waals surface area contributed by atoms with Gasteiger partial charge >= 0.3 is 123 Å². The summed E-state index contributed by atoms with van der Waals surface area (Å²) in [5.41, 5.74) is -0.0159. The number of non-ortho nitro benzene ring substituents is 1. The van der Waals surface area contributed by atoms with Crippen LogP contribution >= 0.6 is 0 Å². The first-order valence-electron chi connectivity index (χ1n) is 9.12. The number of rotatable bonds is 4. The number of nitrogens with zero attached hydrogens (tertiary/aromatic N) is 1. The average Bonchev–Trinajstić information content (AvgIpc) is 2.77. The number of phenols is 1. The summed E-state index contributed by atoms with van der Waals surface area (Å²) < 4.78 is 4.64. The van der Waals surface area contributed by atoms with E-state index < -0.39 is 27.6 Å². The molecule has 4 aromatic carbocycles. The number of nitro benzene ring substituents is 1. The molecule has 0 aliphatic rings. The van der Waals surface area contributed by atoms with Gasteiger partial charge in [-0.3, -0.25) is 10.1 Å². The minimum absolute atomic E-state index is 0.0159. The van der Waals surface area contributed by atoms with E-state index >= 15 is 0 Å². The molecule has 0 aliphatic heterocycles. The van der Waals surface area contributed by atoms with Crippen molar-refractivity contribution in [1.82, 2.24) is 0 Å². The molecule has 29 heavy (non-hydrogen) atoms. The first kappa shape index (κ1) is 20.7. The monoisotopic (exact) mass is 578 g/mol. The van der Waals surface area contributed by atoms with Crippen LogP contribution in [0.25, 0.3) is 0 Å². The van der Waals surface area contributed by atoms with Gasteiger partial charge in [0, 0.05) is 12.1 Å². The van der Waals surface area contributed by atoms with E-state index in [9.17, 15) is 10.1 Å². The molecule has 0 fully saturated rings. The first-order chi connectivity index (χ1) is 14.1. The van der Waals surface area contributed by atoms with E-state index in [0.29, 0.717) is 0 Å². The average molecular weight is 578 g/mol. The third-order valence-corrected chi connectivity index (χ3v) is 14.9. The SMILES string of the molecule is O=[N+]([O-])c1ccc(O)cc1.c1cc[c]([Pb]([c]2ccccc2)[c]2ccccc2)cc1. The molecule has 4 aromatic rings. The molecule has 0 unspecified atom stereocenters. The van der Waals surface area contributed by atoms with Crippen molar-refractivity contribution < 1.29 is 10.0 Å². The van der Waals surface area contributed by atoms with Crippen LogP contribution in [-0.2, 0) is 0 Å². The summed E-state index contributed by atoms with van der Waals surface area (Å²) >= 11 is -2.17. The van der Waals surface area contributed by atoms with Gasteiger partial charge in [-0.25, -0.2) is 0 Å². The molecular formula is C24H20NO3Pb. The first-order valence-corrected chi connectivity index (χ1v) is 14.9. The molecule has 1 radical (unpaired) electrons. The van der Waals surface area contributed by atoms with Crippen LogP contribution in [0, 0.1) is 10.1 Å². The summed E-state index contributed by atoms with van der Waals surface area (Å²) in [7, 11) is 0. The van der Waals surface area contributed by atoms with E-state index in [1.54, 1.807) is 9.37 Å². The fourth-order valence-electron chi connectivity index (χ4n) is 2.89. The second-order valence-corrected chi connectivity index (χ2v) is 15.9. The van der Waals surface area contributed by atoms with Crippen LogP contribution in [0.4, 0.5) is 5.69 Å². The molecule has 0 aliphatic carbocycles. The van der Waals surface area contributed by atoms with Gasteiger partial charge in [0.15, 0.2) is 0 Å². The Hall–Kier alpha value is -3.00. The Balaban J connectivity index is 0.000000204. The van der Waals surface area contributed by atoms with Gasteiger partial charge in [-0.05, 0) is 12.1 Å². The zero-order chi connectivity index (χ0) is 20.5. The normalized spacial score (nSPS) is 10.1. The van der Waals surface area contributed by atoms with E-state index in [-0.39, 0.29) is 11.4 Å². The quantitative estimate of drug-likeness (QED) is 0.230. The number of benzene rings is 4. The number of nitro groups is 1. The molecule has 0 amide bonds. The van der Waals surface area contributed by atoms with Crippen LogP contribution in [-0.4, -0.2) is 32.7 Å². The maximum atomic E-state index is 10.0. The molecule has 1 N–H and O–H groups in total. The topological polar surface area (TPSA) is 63.4 Å². The predicted octanol–water partition coefficient (Wildman–Crippen LogP) is 3.50. The second-order valence-electron chi connectivity index (χ2n) is 6.25. The van der Waals surface area contributed by atoms with Crippen LogP contribution in [0.1, 0.15) is 0 Å². The molecule has 0 aromatic heterocycles. The van der Waals surface area contributed by atoms with Gasteiger partial charge in [0.1, 0.15) is 5.75 Å². The van der Waals surface area contributed by atoms with Crippen LogP contribution in [0.3, 0.4) is 0 Å². The summed E-state index contributed by atoms with van der Waals surface area (Å²) in [5.74, 6) is 0.0330. The Morgan fingerprint density at radius 1 is 0.586 bits per heavy atom. The minimum atomic E-state index is -2.17. The summed E-state index contributed by atoms with van der Waals surface area (Å²) in [6, 6.07) is 38.1. The fourth-order valence-corrected chi connectivity index (χ4v) is 12.9. The molecule has 4 rings (SSSR count). The van der Waals surface area contributed by atoms with Crippen LogP contribution in [0.15, 0.2) is 115 Å². The maximum absolute atomic E-state index is 10.0. The van der Waals surface area contributed by atoms with Gasteiger partial charge in [-0.1, -0.05) is 0 Å². The zero-order valence-corrected chi connectivity index (χ0v) is 19.6. The third-order valence-electron chi connectivity index (χ3n) is 4.25. The van der Waals surface area contributed by atoms with Crippen molar-refractivity contribution in [3.05, 3.63) is 125 Å². The zero-order valence-electron chi connectivity index (χ0n) is 15.7. The van der Waals surface area contributed by atoms with Crippen molar-refractivity contribution in [2.45, 2.75) is 0 Å². The Labute approximate surface area is 178 Å². The van der Waals surface area contributed by atoms with Crippen molar-refractivity contribution in [2.75, 3.05) is 0 Å². The third kappa shape index (κ3) is 5.99. The summed E-state index contributed by atoms with van der Waals surface area (Å²) in [6.07, 6.45) is 0. The van der Waals surface area contributed by atoms with E-state index in [0.717, 1.165) is 0 Å². The molecule has 0 saturated heterocycles. The molecule has 143 valence electrons. The van der Waals surface area contributed by atoms with Gasteiger partial charge in [0.25, 0.3) is 5.69 Å². The molecule has 0 bridgehead atoms. The van der Waals surface area contributed by atoms with Crippen molar-refractivity contribution >= 4 is 37.8 Å². The fraction of sp³-hybridized carbons (Fsp3) is 0. The van der Waals surface area contributed by atoms with Gasteiger partial charge in [0.05, 0.1) is 4.92 Å². The molecule has 0 heterocycles. The van der Waals surface area contributed by atoms with Gasteiger partial charge in [-0.2, -0.15) is 0 Å². The number of aromatic hydroxyl groups is 1. The van der Waals surface area contributed by atoms with Crippen LogP contribution < -0.4 is 9.37 Å². The van der Waals surface area contributed by atoms with E-state index in [1.807, 2.05) is 0 Å². The van der Waals surface area contributed by atoms with E-state index in [2.05, 4.69) is 91.0 Å². The number of hydrogen-bond donors (Lipinski definition) is 1. The Morgan fingerprint density at radius 3 is 1.24 bits per heavy atom.